The normalized spacial score (nSPS) is 28.5. The molecular formula is C11H17BrN2O5. The first-order valence-electron chi connectivity index (χ1n) is 5.99. The van der Waals surface area contributed by atoms with E-state index in [0.717, 1.165) is 17.1 Å². The molecule has 2 rings (SSSR count). The molecule has 19 heavy (non-hydrogen) atoms. The summed E-state index contributed by atoms with van der Waals surface area (Å²) in [6.45, 7) is 6.28. The Balaban J connectivity index is 0.000000258. The second kappa shape index (κ2) is 7.44. The Morgan fingerprint density at radius 3 is 2.37 bits per heavy atom. The second-order valence-electron chi connectivity index (χ2n) is 4.36. The van der Waals surface area contributed by atoms with Crippen LogP contribution in [0.25, 0.3) is 0 Å². The fourth-order valence-corrected chi connectivity index (χ4v) is 2.87. The highest BCUT2D eigenvalue weighted by Gasteiger charge is 2.40. The molecule has 2 bridgehead atoms. The van der Waals surface area contributed by atoms with Crippen LogP contribution in [0, 0.1) is 11.8 Å². The lowest BCUT2D eigenvalue weighted by molar-refractivity contribution is -0.159. The Bertz CT molecular complexity index is 362. The van der Waals surface area contributed by atoms with Crippen molar-refractivity contribution in [1.82, 2.24) is 4.90 Å². The smallest absolute Gasteiger partial charge is 0.414 e. The third-order valence-corrected chi connectivity index (χ3v) is 3.84. The topological polar surface area (TPSA) is 99.4 Å². The standard InChI is InChI=1S/C9H15BrN2O.C2H2O4/c1-2-13-11-9(10)8-6-12-4-3-7(8)5-12;3-1(4)2(5)6/h7-8H,2-6H2,1H3;(H,3,4)(H,5,6). The average molecular weight is 337 g/mol. The van der Waals surface area contributed by atoms with Crippen molar-refractivity contribution in [2.45, 2.75) is 13.3 Å². The summed E-state index contributed by atoms with van der Waals surface area (Å²) in [4.78, 5) is 25.7. The number of oxime groups is 1. The maximum atomic E-state index is 9.10. The maximum Gasteiger partial charge on any atom is 0.414 e. The Morgan fingerprint density at radius 1 is 1.37 bits per heavy atom. The summed E-state index contributed by atoms with van der Waals surface area (Å²) in [6, 6.07) is 0. The SMILES string of the molecule is CCON=C(Br)C1CN2CCC1C2.O=C(O)C(=O)O. The van der Waals surface area contributed by atoms with Crippen LogP contribution >= 0.6 is 15.9 Å². The lowest BCUT2D eigenvalue weighted by atomic mass is 9.94. The van der Waals surface area contributed by atoms with Crippen LogP contribution in [-0.4, -0.2) is 57.9 Å². The third-order valence-electron chi connectivity index (χ3n) is 3.10. The van der Waals surface area contributed by atoms with E-state index in [4.69, 9.17) is 24.6 Å². The Kier molecular flexibility index (Phi) is 6.23. The van der Waals surface area contributed by atoms with Crippen LogP contribution < -0.4 is 0 Å². The summed E-state index contributed by atoms with van der Waals surface area (Å²) in [5.74, 6) is -2.26. The van der Waals surface area contributed by atoms with E-state index >= 15 is 0 Å². The van der Waals surface area contributed by atoms with Gasteiger partial charge in [-0.1, -0.05) is 5.16 Å². The number of nitrogens with zero attached hydrogens (tertiary/aromatic N) is 2. The van der Waals surface area contributed by atoms with Crippen LogP contribution in [0.5, 0.6) is 0 Å². The number of piperidine rings is 1. The number of aliphatic carboxylic acids is 2. The minimum absolute atomic E-state index is 0.584. The molecule has 0 aromatic heterocycles. The molecule has 2 aliphatic rings. The lowest BCUT2D eigenvalue weighted by Gasteiger charge is -2.20. The van der Waals surface area contributed by atoms with Gasteiger partial charge in [0.05, 0.1) is 0 Å². The van der Waals surface area contributed by atoms with E-state index in [1.54, 1.807) is 0 Å². The van der Waals surface area contributed by atoms with Gasteiger partial charge in [-0.25, -0.2) is 9.59 Å². The summed E-state index contributed by atoms with van der Waals surface area (Å²) in [7, 11) is 0. The summed E-state index contributed by atoms with van der Waals surface area (Å²) < 4.78 is 1.00. The summed E-state index contributed by atoms with van der Waals surface area (Å²) >= 11 is 3.51. The van der Waals surface area contributed by atoms with Gasteiger partial charge in [0.15, 0.2) is 0 Å². The minimum Gasteiger partial charge on any atom is -0.473 e. The molecule has 0 amide bonds. The van der Waals surface area contributed by atoms with Crippen molar-refractivity contribution in [1.29, 1.82) is 0 Å². The molecule has 7 nitrogen and oxygen atoms in total. The predicted molar refractivity (Wildman–Crippen MR) is 71.3 cm³/mol. The molecule has 2 saturated heterocycles. The highest BCUT2D eigenvalue weighted by molar-refractivity contribution is 9.18. The molecule has 0 aliphatic carbocycles. The molecule has 3 atom stereocenters. The quantitative estimate of drug-likeness (QED) is 0.450. The van der Waals surface area contributed by atoms with Crippen molar-refractivity contribution in [2.24, 2.45) is 17.0 Å². The molecular weight excluding hydrogens is 320 g/mol. The Morgan fingerprint density at radius 2 is 2.00 bits per heavy atom. The van der Waals surface area contributed by atoms with Crippen LogP contribution in [0.2, 0.25) is 0 Å². The van der Waals surface area contributed by atoms with Crippen molar-refractivity contribution in [2.75, 3.05) is 26.2 Å². The number of hydrogen-bond acceptors (Lipinski definition) is 5. The molecule has 2 aliphatic heterocycles. The number of halogens is 1. The van der Waals surface area contributed by atoms with E-state index in [-0.39, 0.29) is 0 Å². The number of carboxylic acid groups (broad SMARTS) is 2. The van der Waals surface area contributed by atoms with Gasteiger partial charge in [0.25, 0.3) is 0 Å². The van der Waals surface area contributed by atoms with Gasteiger partial charge in [0.2, 0.25) is 0 Å². The number of rotatable bonds is 3. The molecule has 0 spiro atoms. The zero-order valence-electron chi connectivity index (χ0n) is 10.6. The second-order valence-corrected chi connectivity index (χ2v) is 5.17. The fourth-order valence-electron chi connectivity index (χ4n) is 2.25. The molecule has 0 aromatic carbocycles. The van der Waals surface area contributed by atoms with E-state index in [9.17, 15) is 0 Å². The first-order valence-corrected chi connectivity index (χ1v) is 6.78. The first kappa shape index (κ1) is 15.9. The largest absolute Gasteiger partial charge is 0.473 e. The molecule has 2 fully saturated rings. The number of fused-ring (bicyclic) bond motifs is 2. The van der Waals surface area contributed by atoms with Gasteiger partial charge in [0, 0.05) is 19.0 Å². The van der Waals surface area contributed by atoms with Crippen LogP contribution in [0.1, 0.15) is 13.3 Å². The summed E-state index contributed by atoms with van der Waals surface area (Å²) in [6.07, 6.45) is 1.32. The van der Waals surface area contributed by atoms with E-state index in [2.05, 4.69) is 26.0 Å². The van der Waals surface area contributed by atoms with Crippen LogP contribution in [-0.2, 0) is 14.4 Å². The third kappa shape index (κ3) is 4.79. The maximum absolute atomic E-state index is 9.10. The molecule has 108 valence electrons. The highest BCUT2D eigenvalue weighted by atomic mass is 79.9. The van der Waals surface area contributed by atoms with Gasteiger partial charge in [-0.05, 0) is 41.7 Å². The van der Waals surface area contributed by atoms with Crippen molar-refractivity contribution in [3.05, 3.63) is 0 Å². The molecule has 8 heteroatoms. The van der Waals surface area contributed by atoms with Gasteiger partial charge in [-0.2, -0.15) is 0 Å². The number of carbonyl (C=O) groups is 2. The zero-order chi connectivity index (χ0) is 14.4. The van der Waals surface area contributed by atoms with Crippen LogP contribution in [0.15, 0.2) is 5.16 Å². The van der Waals surface area contributed by atoms with Gasteiger partial charge >= 0.3 is 11.9 Å². The lowest BCUT2D eigenvalue weighted by Crippen LogP contribution is -2.27. The van der Waals surface area contributed by atoms with E-state index < -0.39 is 11.9 Å². The molecule has 0 saturated carbocycles. The number of hydrogen-bond donors (Lipinski definition) is 2. The van der Waals surface area contributed by atoms with Gasteiger partial charge in [-0.3, -0.25) is 0 Å². The van der Waals surface area contributed by atoms with Crippen molar-refractivity contribution in [3.63, 3.8) is 0 Å². The van der Waals surface area contributed by atoms with E-state index in [1.807, 2.05) is 6.92 Å². The molecule has 0 aromatic rings. The summed E-state index contributed by atoms with van der Waals surface area (Å²) in [5, 5.41) is 18.8. The summed E-state index contributed by atoms with van der Waals surface area (Å²) in [5.41, 5.74) is 0. The van der Waals surface area contributed by atoms with Gasteiger partial charge in [0.1, 0.15) is 11.2 Å². The van der Waals surface area contributed by atoms with Crippen molar-refractivity contribution in [3.8, 4) is 0 Å². The van der Waals surface area contributed by atoms with Crippen LogP contribution in [0.3, 0.4) is 0 Å². The fraction of sp³-hybridized carbons (Fsp3) is 0.727. The van der Waals surface area contributed by atoms with Gasteiger partial charge < -0.3 is 20.0 Å². The monoisotopic (exact) mass is 336 g/mol. The van der Waals surface area contributed by atoms with E-state index in [1.165, 1.54) is 19.5 Å². The minimum atomic E-state index is -1.82. The first-order chi connectivity index (χ1) is 8.95. The zero-order valence-corrected chi connectivity index (χ0v) is 12.2. The molecule has 3 unspecified atom stereocenters. The molecule has 0 radical (unpaired) electrons. The van der Waals surface area contributed by atoms with Crippen molar-refractivity contribution < 1.29 is 24.6 Å². The average Bonchev–Trinajstić information content (AvgIpc) is 2.98. The Labute approximate surface area is 119 Å². The highest BCUT2D eigenvalue weighted by Crippen LogP contribution is 2.35. The molecule has 2 N–H and O–H groups in total. The van der Waals surface area contributed by atoms with Crippen LogP contribution in [0.4, 0.5) is 0 Å². The van der Waals surface area contributed by atoms with Gasteiger partial charge in [-0.15, -0.1) is 0 Å². The predicted octanol–water partition coefficient (Wildman–Crippen LogP) is 0.839. The van der Waals surface area contributed by atoms with Crippen molar-refractivity contribution >= 4 is 32.5 Å². The molecule has 2 heterocycles. The van der Waals surface area contributed by atoms with E-state index in [0.29, 0.717) is 12.5 Å². The Hall–Kier alpha value is -1.15. The number of carboxylic acids is 2.